The van der Waals surface area contributed by atoms with Crippen LogP contribution in [0.1, 0.15) is 40.9 Å². The Bertz CT molecular complexity index is 1200. The van der Waals surface area contributed by atoms with E-state index in [2.05, 4.69) is 4.98 Å². The van der Waals surface area contributed by atoms with Crippen LogP contribution in [-0.4, -0.2) is 22.3 Å². The van der Waals surface area contributed by atoms with Crippen molar-refractivity contribution in [2.24, 2.45) is 0 Å². The second-order valence-electron chi connectivity index (χ2n) is 7.33. The third-order valence-electron chi connectivity index (χ3n) is 5.43. The molecule has 2 aromatic heterocycles. The molecule has 0 N–H and O–H groups in total. The predicted octanol–water partition coefficient (Wildman–Crippen LogP) is 5.51. The number of oxazole rings is 1. The highest BCUT2D eigenvalue weighted by atomic mass is 19.1. The second kappa shape index (κ2) is 6.88. The summed E-state index contributed by atoms with van der Waals surface area (Å²) in [5, 5.41) is 0. The summed E-state index contributed by atoms with van der Waals surface area (Å²) in [5.41, 5.74) is 3.85. The first kappa shape index (κ1) is 17.7. The van der Waals surface area contributed by atoms with E-state index < -0.39 is 0 Å². The van der Waals surface area contributed by atoms with Gasteiger partial charge in [0.25, 0.3) is 5.91 Å². The van der Waals surface area contributed by atoms with E-state index in [1.165, 1.54) is 12.3 Å². The molecule has 1 amide bonds. The van der Waals surface area contributed by atoms with Gasteiger partial charge in [-0.1, -0.05) is 12.1 Å². The summed E-state index contributed by atoms with van der Waals surface area (Å²) >= 11 is 0. The maximum atomic E-state index is 13.6. The number of benzene rings is 2. The summed E-state index contributed by atoms with van der Waals surface area (Å²) in [6.07, 6.45) is 3.18. The maximum absolute atomic E-state index is 13.6. The van der Waals surface area contributed by atoms with Gasteiger partial charge in [-0.05, 0) is 72.9 Å². The largest absolute Gasteiger partial charge is 0.459 e. The number of amides is 1. The van der Waals surface area contributed by atoms with Crippen molar-refractivity contribution in [3.8, 4) is 11.1 Å². The summed E-state index contributed by atoms with van der Waals surface area (Å²) in [6, 6.07) is 13.9. The minimum atomic E-state index is -0.221. The van der Waals surface area contributed by atoms with Crippen molar-refractivity contribution in [2.45, 2.75) is 25.8 Å². The molecule has 0 aliphatic carbocycles. The van der Waals surface area contributed by atoms with Crippen LogP contribution < -0.4 is 0 Å². The van der Waals surface area contributed by atoms with Gasteiger partial charge in [0.1, 0.15) is 17.4 Å². The van der Waals surface area contributed by atoms with Gasteiger partial charge in [0, 0.05) is 6.54 Å². The molecule has 5 rings (SSSR count). The average Bonchev–Trinajstić information content (AvgIpc) is 3.48. The van der Waals surface area contributed by atoms with Gasteiger partial charge in [-0.15, -0.1) is 0 Å². The number of aromatic nitrogens is 1. The molecule has 0 spiro atoms. The molecule has 0 bridgehead atoms. The number of rotatable bonds is 3. The monoisotopic (exact) mass is 390 g/mol. The van der Waals surface area contributed by atoms with Gasteiger partial charge in [-0.3, -0.25) is 4.79 Å². The zero-order chi connectivity index (χ0) is 20.0. The number of halogens is 1. The molecule has 5 nitrogen and oxygen atoms in total. The first-order chi connectivity index (χ1) is 14.1. The smallest absolute Gasteiger partial charge is 0.290 e. The van der Waals surface area contributed by atoms with Crippen LogP contribution in [0.5, 0.6) is 0 Å². The minimum absolute atomic E-state index is 0.151. The van der Waals surface area contributed by atoms with E-state index in [1.807, 2.05) is 24.3 Å². The number of aryl methyl sites for hydroxylation is 1. The van der Waals surface area contributed by atoms with Crippen LogP contribution in [0.15, 0.2) is 63.6 Å². The predicted molar refractivity (Wildman–Crippen MR) is 106 cm³/mol. The first-order valence-electron chi connectivity index (χ1n) is 9.61. The topological polar surface area (TPSA) is 59.5 Å². The Balaban J connectivity index is 1.48. The fourth-order valence-corrected chi connectivity index (χ4v) is 3.90. The van der Waals surface area contributed by atoms with E-state index in [0.29, 0.717) is 29.3 Å². The highest BCUT2D eigenvalue weighted by Gasteiger charge is 2.35. The highest BCUT2D eigenvalue weighted by molar-refractivity contribution is 5.92. The van der Waals surface area contributed by atoms with Crippen molar-refractivity contribution in [1.29, 1.82) is 0 Å². The van der Waals surface area contributed by atoms with Crippen molar-refractivity contribution < 1.29 is 18.0 Å². The number of fused-ring (bicyclic) bond motifs is 1. The first-order valence-corrected chi connectivity index (χ1v) is 9.61. The molecule has 0 saturated carbocycles. The van der Waals surface area contributed by atoms with E-state index in [1.54, 1.807) is 30.0 Å². The standard InChI is InChI=1S/C23H19FN2O3/c1-14-12-15(6-8-17(14)24)16-7-9-20-18(13-16)25-22(29-20)19-4-2-10-26(19)23(27)21-5-3-11-28-21/h3,5-9,11-13,19H,2,4,10H2,1H3/t19-/m1/s1. The summed E-state index contributed by atoms with van der Waals surface area (Å²) in [5.74, 6) is 0.482. The molecule has 1 fully saturated rings. The van der Waals surface area contributed by atoms with E-state index in [-0.39, 0.29) is 17.8 Å². The van der Waals surface area contributed by atoms with Crippen LogP contribution in [0.2, 0.25) is 0 Å². The zero-order valence-corrected chi connectivity index (χ0v) is 15.9. The summed E-state index contributed by atoms with van der Waals surface area (Å²) in [6.45, 7) is 2.39. The molecule has 6 heteroatoms. The van der Waals surface area contributed by atoms with Crippen molar-refractivity contribution >= 4 is 17.0 Å². The van der Waals surface area contributed by atoms with Gasteiger partial charge >= 0.3 is 0 Å². The van der Waals surface area contributed by atoms with E-state index in [0.717, 1.165) is 29.5 Å². The van der Waals surface area contributed by atoms with Gasteiger partial charge in [0.15, 0.2) is 11.3 Å². The van der Waals surface area contributed by atoms with Crippen LogP contribution >= 0.6 is 0 Å². The number of hydrogen-bond donors (Lipinski definition) is 0. The van der Waals surface area contributed by atoms with Crippen molar-refractivity contribution in [1.82, 2.24) is 9.88 Å². The van der Waals surface area contributed by atoms with Crippen LogP contribution in [0.25, 0.3) is 22.2 Å². The molecular formula is C23H19FN2O3. The van der Waals surface area contributed by atoms with Gasteiger partial charge in [0.2, 0.25) is 5.89 Å². The molecule has 146 valence electrons. The Morgan fingerprint density at radius 2 is 2.00 bits per heavy atom. The zero-order valence-electron chi connectivity index (χ0n) is 15.9. The van der Waals surface area contributed by atoms with Gasteiger partial charge in [0.05, 0.1) is 6.26 Å². The highest BCUT2D eigenvalue weighted by Crippen LogP contribution is 2.35. The summed E-state index contributed by atoms with van der Waals surface area (Å²) < 4.78 is 24.8. The average molecular weight is 390 g/mol. The molecule has 1 aliphatic rings. The van der Waals surface area contributed by atoms with Crippen LogP contribution in [-0.2, 0) is 0 Å². The number of nitrogens with zero attached hydrogens (tertiary/aromatic N) is 2. The number of carbonyl (C=O) groups is 1. The molecule has 0 radical (unpaired) electrons. The SMILES string of the molecule is Cc1cc(-c2ccc3oc([C@H]4CCCN4C(=O)c4ccco4)nc3c2)ccc1F. The normalized spacial score (nSPS) is 16.6. The number of likely N-dealkylation sites (tertiary alicyclic amines) is 1. The summed E-state index contributed by atoms with van der Waals surface area (Å²) in [7, 11) is 0. The van der Waals surface area contributed by atoms with Crippen LogP contribution in [0, 0.1) is 12.7 Å². The third kappa shape index (κ3) is 3.10. The number of hydrogen-bond acceptors (Lipinski definition) is 4. The van der Waals surface area contributed by atoms with Gasteiger partial charge in [-0.2, -0.15) is 0 Å². The molecular weight excluding hydrogens is 371 g/mol. The van der Waals surface area contributed by atoms with E-state index >= 15 is 0 Å². The van der Waals surface area contributed by atoms with Crippen molar-refractivity contribution in [3.05, 3.63) is 77.8 Å². The molecule has 2 aromatic carbocycles. The van der Waals surface area contributed by atoms with E-state index in [4.69, 9.17) is 8.83 Å². The molecule has 4 aromatic rings. The van der Waals surface area contributed by atoms with Crippen molar-refractivity contribution in [2.75, 3.05) is 6.54 Å². The third-order valence-corrected chi connectivity index (χ3v) is 5.43. The lowest BCUT2D eigenvalue weighted by Gasteiger charge is -2.20. The van der Waals surface area contributed by atoms with Gasteiger partial charge < -0.3 is 13.7 Å². The lowest BCUT2D eigenvalue weighted by molar-refractivity contribution is 0.0684. The molecule has 3 heterocycles. The maximum Gasteiger partial charge on any atom is 0.290 e. The Morgan fingerprint density at radius 3 is 2.79 bits per heavy atom. The van der Waals surface area contributed by atoms with E-state index in [9.17, 15) is 9.18 Å². The molecule has 1 atom stereocenters. The lowest BCUT2D eigenvalue weighted by Crippen LogP contribution is -2.30. The fraction of sp³-hybridized carbons (Fsp3) is 0.217. The second-order valence-corrected chi connectivity index (χ2v) is 7.33. The minimum Gasteiger partial charge on any atom is -0.459 e. The quantitative estimate of drug-likeness (QED) is 0.463. The summed E-state index contributed by atoms with van der Waals surface area (Å²) in [4.78, 5) is 19.2. The van der Waals surface area contributed by atoms with Crippen molar-refractivity contribution in [3.63, 3.8) is 0 Å². The van der Waals surface area contributed by atoms with Gasteiger partial charge in [-0.25, -0.2) is 9.37 Å². The molecule has 29 heavy (non-hydrogen) atoms. The number of furan rings is 1. The fourth-order valence-electron chi connectivity index (χ4n) is 3.90. The number of carbonyl (C=O) groups excluding carboxylic acids is 1. The molecule has 1 saturated heterocycles. The van der Waals surface area contributed by atoms with Crippen LogP contribution in [0.3, 0.4) is 0 Å². The Kier molecular flexibility index (Phi) is 4.19. The molecule has 0 unspecified atom stereocenters. The Hall–Kier alpha value is -3.41. The Labute approximate surface area is 166 Å². The lowest BCUT2D eigenvalue weighted by atomic mass is 10.0. The van der Waals surface area contributed by atoms with Crippen LogP contribution in [0.4, 0.5) is 4.39 Å². The Morgan fingerprint density at radius 1 is 1.17 bits per heavy atom. The molecule has 1 aliphatic heterocycles.